The van der Waals surface area contributed by atoms with E-state index in [2.05, 4.69) is 39.0 Å². The molecule has 1 aliphatic heterocycles. The molecule has 2 aliphatic rings. The van der Waals surface area contributed by atoms with Crippen LogP contribution in [0.4, 0.5) is 0 Å². The summed E-state index contributed by atoms with van der Waals surface area (Å²) >= 11 is 0. The Balaban J connectivity index is 1.69. The summed E-state index contributed by atoms with van der Waals surface area (Å²) in [6.45, 7) is 5.44. The van der Waals surface area contributed by atoms with E-state index >= 15 is 0 Å². The minimum Gasteiger partial charge on any atom is -0.315 e. The summed E-state index contributed by atoms with van der Waals surface area (Å²) < 4.78 is 2.19. The molecule has 5 nitrogen and oxygen atoms in total. The van der Waals surface area contributed by atoms with Gasteiger partial charge in [-0.25, -0.2) is 0 Å². The number of hydrogen-bond acceptors (Lipinski definition) is 4. The molecule has 5 heteroatoms. The van der Waals surface area contributed by atoms with Crippen molar-refractivity contribution in [2.24, 2.45) is 5.92 Å². The summed E-state index contributed by atoms with van der Waals surface area (Å²) in [7, 11) is 2.12. The average Bonchev–Trinajstić information content (AvgIpc) is 2.95. The van der Waals surface area contributed by atoms with Gasteiger partial charge in [-0.2, -0.15) is 0 Å². The van der Waals surface area contributed by atoms with E-state index in [1.165, 1.54) is 32.1 Å². The minimum absolute atomic E-state index is 0.637. The van der Waals surface area contributed by atoms with Gasteiger partial charge in [-0.3, -0.25) is 4.90 Å². The lowest BCUT2D eigenvalue weighted by Crippen LogP contribution is -2.54. The molecular formula is C15H27N5. The highest BCUT2D eigenvalue weighted by molar-refractivity contribution is 4.96. The van der Waals surface area contributed by atoms with Crippen molar-refractivity contribution in [1.82, 2.24) is 25.0 Å². The van der Waals surface area contributed by atoms with Crippen LogP contribution in [0.1, 0.15) is 44.9 Å². The Morgan fingerprint density at radius 2 is 2.25 bits per heavy atom. The molecule has 1 fully saturated rings. The molecule has 3 unspecified atom stereocenters. The number of hydrogen-bond donors (Lipinski definition) is 1. The van der Waals surface area contributed by atoms with Gasteiger partial charge in [-0.1, -0.05) is 19.8 Å². The van der Waals surface area contributed by atoms with Crippen molar-refractivity contribution in [2.45, 2.75) is 64.2 Å². The van der Waals surface area contributed by atoms with Gasteiger partial charge >= 0.3 is 0 Å². The highest BCUT2D eigenvalue weighted by Crippen LogP contribution is 2.32. The summed E-state index contributed by atoms with van der Waals surface area (Å²) in [6.07, 6.45) is 8.61. The standard InChI is InChI=1S/C15H27N5/c1-3-4-12-5-6-13(16-2)14(9-12)19-7-8-20-11-17-18-15(20)10-19/h11-14,16H,3-10H2,1-2H3. The van der Waals surface area contributed by atoms with E-state index in [1.54, 1.807) is 0 Å². The van der Waals surface area contributed by atoms with Crippen LogP contribution in [-0.2, 0) is 13.1 Å². The highest BCUT2D eigenvalue weighted by atomic mass is 15.3. The van der Waals surface area contributed by atoms with Gasteiger partial charge in [0.2, 0.25) is 0 Å². The zero-order valence-corrected chi connectivity index (χ0v) is 12.8. The molecule has 112 valence electrons. The van der Waals surface area contributed by atoms with Gasteiger partial charge in [-0.15, -0.1) is 10.2 Å². The smallest absolute Gasteiger partial charge is 0.147 e. The van der Waals surface area contributed by atoms with Crippen molar-refractivity contribution >= 4 is 0 Å². The molecule has 1 saturated carbocycles. The van der Waals surface area contributed by atoms with Crippen LogP contribution in [0.25, 0.3) is 0 Å². The third kappa shape index (κ3) is 2.74. The van der Waals surface area contributed by atoms with Gasteiger partial charge in [0.25, 0.3) is 0 Å². The first kappa shape index (κ1) is 14.0. The number of nitrogens with one attached hydrogen (secondary N) is 1. The molecule has 0 radical (unpaired) electrons. The van der Waals surface area contributed by atoms with E-state index in [-0.39, 0.29) is 0 Å². The summed E-state index contributed by atoms with van der Waals surface area (Å²) in [5, 5.41) is 11.8. The molecule has 2 heterocycles. The third-order valence-corrected chi connectivity index (χ3v) is 5.13. The van der Waals surface area contributed by atoms with Gasteiger partial charge in [0.1, 0.15) is 12.2 Å². The third-order valence-electron chi connectivity index (χ3n) is 5.13. The Bertz CT molecular complexity index is 430. The molecule has 20 heavy (non-hydrogen) atoms. The first-order valence-corrected chi connectivity index (χ1v) is 8.09. The fourth-order valence-electron chi connectivity index (χ4n) is 4.01. The topological polar surface area (TPSA) is 46.0 Å². The number of nitrogens with zero attached hydrogens (tertiary/aromatic N) is 4. The predicted octanol–water partition coefficient (Wildman–Crippen LogP) is 1.65. The second kappa shape index (κ2) is 6.22. The number of rotatable bonds is 4. The molecule has 0 saturated heterocycles. The zero-order chi connectivity index (χ0) is 13.9. The lowest BCUT2D eigenvalue weighted by Gasteiger charge is -2.44. The van der Waals surface area contributed by atoms with Crippen LogP contribution in [0, 0.1) is 5.92 Å². The van der Waals surface area contributed by atoms with Crippen molar-refractivity contribution in [1.29, 1.82) is 0 Å². The van der Waals surface area contributed by atoms with Crippen LogP contribution in [0.5, 0.6) is 0 Å². The molecule has 1 aromatic heterocycles. The van der Waals surface area contributed by atoms with Gasteiger partial charge < -0.3 is 9.88 Å². The summed E-state index contributed by atoms with van der Waals surface area (Å²) in [5.74, 6) is 2.04. The van der Waals surface area contributed by atoms with E-state index in [0.29, 0.717) is 12.1 Å². The monoisotopic (exact) mass is 277 g/mol. The van der Waals surface area contributed by atoms with Crippen molar-refractivity contribution in [3.8, 4) is 0 Å². The molecular weight excluding hydrogens is 250 g/mol. The minimum atomic E-state index is 0.637. The number of likely N-dealkylation sites (N-methyl/N-ethyl adjacent to an activating group) is 1. The first-order valence-electron chi connectivity index (χ1n) is 8.09. The van der Waals surface area contributed by atoms with Crippen molar-refractivity contribution in [3.63, 3.8) is 0 Å². The van der Waals surface area contributed by atoms with Crippen LogP contribution in [0.2, 0.25) is 0 Å². The fraction of sp³-hybridized carbons (Fsp3) is 0.867. The lowest BCUT2D eigenvalue weighted by atomic mass is 9.79. The Morgan fingerprint density at radius 3 is 3.05 bits per heavy atom. The maximum absolute atomic E-state index is 4.26. The maximum Gasteiger partial charge on any atom is 0.147 e. The molecule has 0 bridgehead atoms. The van der Waals surface area contributed by atoms with E-state index in [0.717, 1.165) is 31.4 Å². The van der Waals surface area contributed by atoms with Crippen LogP contribution < -0.4 is 5.32 Å². The lowest BCUT2D eigenvalue weighted by molar-refractivity contribution is 0.0729. The summed E-state index contributed by atoms with van der Waals surface area (Å²) in [5.41, 5.74) is 0. The van der Waals surface area contributed by atoms with Crippen LogP contribution >= 0.6 is 0 Å². The van der Waals surface area contributed by atoms with Gasteiger partial charge in [-0.05, 0) is 32.2 Å². The van der Waals surface area contributed by atoms with Gasteiger partial charge in [0, 0.05) is 25.2 Å². The molecule has 0 aromatic carbocycles. The molecule has 0 spiro atoms. The molecule has 1 aromatic rings. The molecule has 1 N–H and O–H groups in total. The Labute approximate surface area is 121 Å². The van der Waals surface area contributed by atoms with E-state index < -0.39 is 0 Å². The van der Waals surface area contributed by atoms with Crippen molar-refractivity contribution < 1.29 is 0 Å². The highest BCUT2D eigenvalue weighted by Gasteiger charge is 2.35. The summed E-state index contributed by atoms with van der Waals surface area (Å²) in [4.78, 5) is 2.63. The average molecular weight is 277 g/mol. The molecule has 3 rings (SSSR count). The Hall–Kier alpha value is -0.940. The second-order valence-electron chi connectivity index (χ2n) is 6.34. The van der Waals surface area contributed by atoms with E-state index in [1.807, 2.05) is 6.33 Å². The molecule has 3 atom stereocenters. The molecule has 0 amide bonds. The van der Waals surface area contributed by atoms with Crippen LogP contribution in [0.15, 0.2) is 6.33 Å². The Kier molecular flexibility index (Phi) is 4.36. The fourth-order valence-corrected chi connectivity index (χ4v) is 4.01. The number of aromatic nitrogens is 3. The van der Waals surface area contributed by atoms with Crippen LogP contribution in [0.3, 0.4) is 0 Å². The first-order chi connectivity index (χ1) is 9.81. The maximum atomic E-state index is 4.26. The van der Waals surface area contributed by atoms with Crippen molar-refractivity contribution in [3.05, 3.63) is 12.2 Å². The van der Waals surface area contributed by atoms with Crippen molar-refractivity contribution in [2.75, 3.05) is 13.6 Å². The van der Waals surface area contributed by atoms with E-state index in [4.69, 9.17) is 0 Å². The SMILES string of the molecule is CCCC1CCC(NC)C(N2CCn3cnnc3C2)C1. The number of fused-ring (bicyclic) bond motifs is 1. The molecule has 1 aliphatic carbocycles. The largest absolute Gasteiger partial charge is 0.315 e. The van der Waals surface area contributed by atoms with Gasteiger partial charge in [0.05, 0.1) is 6.54 Å². The normalized spacial score (nSPS) is 31.2. The second-order valence-corrected chi connectivity index (χ2v) is 6.34. The van der Waals surface area contributed by atoms with Gasteiger partial charge in [0.15, 0.2) is 0 Å². The Morgan fingerprint density at radius 1 is 1.35 bits per heavy atom. The zero-order valence-electron chi connectivity index (χ0n) is 12.8. The summed E-state index contributed by atoms with van der Waals surface area (Å²) in [6, 6.07) is 1.30. The van der Waals surface area contributed by atoms with E-state index in [9.17, 15) is 0 Å². The van der Waals surface area contributed by atoms with Crippen LogP contribution in [-0.4, -0.2) is 45.3 Å². The quantitative estimate of drug-likeness (QED) is 0.909. The predicted molar refractivity (Wildman–Crippen MR) is 79.3 cm³/mol.